The summed E-state index contributed by atoms with van der Waals surface area (Å²) >= 11 is 0. The Kier molecular flexibility index (Phi) is 69.5. The fourth-order valence-electron chi connectivity index (χ4n) is 2.88. The molecule has 4 aromatic carbocycles. The Morgan fingerprint density at radius 3 is 0.861 bits per heavy atom. The minimum absolute atomic E-state index is 0. The molecule has 0 aromatic heterocycles. The molecule has 4 rings (SSSR count). The molecule has 0 saturated heterocycles. The van der Waals surface area contributed by atoms with Gasteiger partial charge in [-0.1, -0.05) is 60.2 Å². The maximum absolute atomic E-state index is 10.5. The van der Waals surface area contributed by atoms with Crippen molar-refractivity contribution in [3.8, 4) is 23.0 Å². The first-order valence-corrected chi connectivity index (χ1v) is 19.5. The first-order chi connectivity index (χ1) is 34.5. The molecule has 4 aromatic rings. The zero-order chi connectivity index (χ0) is 59.6. The normalized spacial score (nSPS) is 8.29. The Balaban J connectivity index is -0.0000000839. The number of phenolic OH excluding ortho intramolecular Hbond substituents is 3. The molecular weight excluding hydrogens is 1270 g/mol. The zero-order valence-corrected chi connectivity index (χ0v) is 45.3. The van der Waals surface area contributed by atoms with Crippen LogP contribution in [-0.4, -0.2) is 128 Å². The molecule has 0 saturated carbocycles. The number of hydrogen-bond acceptors (Lipinski definition) is 20. The lowest BCUT2D eigenvalue weighted by Crippen LogP contribution is -3.00. The molecule has 442 valence electrons. The quantitative estimate of drug-likeness (QED) is 0.0356. The molecule has 0 aliphatic heterocycles. The number of carboxylic acids is 12. The first kappa shape index (κ1) is 92.2. The minimum atomic E-state index is -1.33. The van der Waals surface area contributed by atoms with Crippen molar-refractivity contribution in [3.63, 3.8) is 0 Å². The summed E-state index contributed by atoms with van der Waals surface area (Å²) in [6.07, 6.45) is 0.873. The molecule has 0 aliphatic carbocycles. The maximum Gasteiger partial charge on any atom is 0.335 e. The van der Waals surface area contributed by atoms with Crippen LogP contribution in [-0.2, 0) is 47.9 Å². The van der Waals surface area contributed by atoms with Gasteiger partial charge < -0.3 is 159 Å². The topological polar surface area (TPSA) is 543 Å². The number of aliphatic carboxylic acids is 10. The number of halogens is 4. The van der Waals surface area contributed by atoms with Gasteiger partial charge >= 0.3 is 47.8 Å². The third-order valence-electron chi connectivity index (χ3n) is 5.83. The van der Waals surface area contributed by atoms with E-state index in [1.807, 2.05) is 19.1 Å². The van der Waals surface area contributed by atoms with Gasteiger partial charge in [-0.05, 0) is 81.3 Å². The van der Waals surface area contributed by atoms with Crippen molar-refractivity contribution < 1.29 is 197 Å². The van der Waals surface area contributed by atoms with Crippen LogP contribution in [0.25, 0.3) is 0 Å². The van der Waals surface area contributed by atoms with E-state index in [2.05, 4.69) is 0 Å². The number of aryl methyl sites for hydroxylation is 1. The monoisotopic (exact) mass is 1320 g/mol. The highest BCUT2D eigenvalue weighted by Crippen LogP contribution is 2.13. The van der Waals surface area contributed by atoms with Crippen LogP contribution in [0.3, 0.4) is 0 Å². The van der Waals surface area contributed by atoms with E-state index in [4.69, 9.17) is 76.0 Å². The van der Waals surface area contributed by atoms with Crippen molar-refractivity contribution in [1.29, 1.82) is 0 Å². The molecule has 0 amide bonds. The number of benzene rings is 4. The minimum Gasteiger partial charge on any atom is -1.00 e. The molecule has 0 atom stereocenters. The van der Waals surface area contributed by atoms with Gasteiger partial charge in [0.1, 0.15) is 17.2 Å². The van der Waals surface area contributed by atoms with E-state index in [0.717, 1.165) is 13.8 Å². The lowest BCUT2D eigenvalue weighted by Gasteiger charge is -2.02. The van der Waals surface area contributed by atoms with E-state index < -0.39 is 78.1 Å². The molecule has 32 heteroatoms. The summed E-state index contributed by atoms with van der Waals surface area (Å²) in [6, 6.07) is 25.9. The first-order valence-electron chi connectivity index (χ1n) is 19.5. The highest BCUT2D eigenvalue weighted by molar-refractivity contribution is 5.90. The van der Waals surface area contributed by atoms with Gasteiger partial charge in [-0.2, -0.15) is 0 Å². The van der Waals surface area contributed by atoms with E-state index in [0.29, 0.717) is 30.1 Å². The number of aromatic hydroxyl groups is 3. The molecule has 11 N–H and O–H groups in total. The fourth-order valence-corrected chi connectivity index (χ4v) is 2.88. The average Bonchev–Trinajstić information content (AvgIpc) is 3.30. The molecular formula is C47H49BrClFIO28-9. The average molecular weight is 1320 g/mol. The van der Waals surface area contributed by atoms with Gasteiger partial charge in [0.15, 0.2) is 0 Å². The molecule has 0 heterocycles. The van der Waals surface area contributed by atoms with Gasteiger partial charge in [-0.3, -0.25) is 14.4 Å². The number of hydrogen-bond donors (Lipinski definition) is 11. The molecule has 28 nitrogen and oxygen atoms in total. The van der Waals surface area contributed by atoms with Crippen LogP contribution in [0.2, 0.25) is 0 Å². The number of carboxylic acid groups (broad SMARTS) is 12. The number of aromatic carboxylic acids is 2. The Hall–Kier alpha value is -9.37. The number of phenols is 3. The zero-order valence-electron chi connectivity index (χ0n) is 40.8. The number of carbonyl (C=O) groups excluding carboxylic acids is 4. The SMILES string of the molecule is CC(=O)[O-].CC(=O)[O-].Cc1ccc(O)cc1.O=C(O)/C=C\C(=O)O.O=C(O)/C=C\C(=O)O.O=C(O)CCC(=O)O.O=C(O)c1ccc([O-])cc1.O=C([O-])CCC(=O)O.O=C([O-])c1ccccc1.Oc1ccc(O)cc1.[Br-].[Cl-].[F-].[I-]. The third kappa shape index (κ3) is 95.0. The summed E-state index contributed by atoms with van der Waals surface area (Å²) < 4.78 is 0. The van der Waals surface area contributed by atoms with Gasteiger partial charge in [0, 0.05) is 42.2 Å². The predicted octanol–water partition coefficient (Wildman–Crippen LogP) is -13.2. The highest BCUT2D eigenvalue weighted by Gasteiger charge is 2.00. The van der Waals surface area contributed by atoms with Crippen LogP contribution >= 0.6 is 0 Å². The van der Waals surface area contributed by atoms with Crippen LogP contribution in [0.4, 0.5) is 0 Å². The van der Waals surface area contributed by atoms with Crippen molar-refractivity contribution in [2.45, 2.75) is 46.5 Å². The summed E-state index contributed by atoms with van der Waals surface area (Å²) in [7, 11) is 0. The van der Waals surface area contributed by atoms with Gasteiger partial charge in [-0.25, -0.2) is 24.0 Å². The largest absolute Gasteiger partial charge is 1.00 e. The van der Waals surface area contributed by atoms with Crippen LogP contribution in [0, 0.1) is 6.92 Å². The summed E-state index contributed by atoms with van der Waals surface area (Å²) in [5, 5.41) is 137. The van der Waals surface area contributed by atoms with Crippen molar-refractivity contribution in [1.82, 2.24) is 0 Å². The van der Waals surface area contributed by atoms with Crippen molar-refractivity contribution in [3.05, 3.63) is 144 Å². The Bertz CT molecular complexity index is 2210. The molecule has 0 unspecified atom stereocenters. The molecule has 79 heavy (non-hydrogen) atoms. The van der Waals surface area contributed by atoms with E-state index in [1.165, 1.54) is 66.2 Å². The Labute approximate surface area is 480 Å². The standard InChI is InChI=1S/C7H6O3.C7H6O2.C7H8O.C6H6O2.2C4H6O4.2C4H4O4.2C2H4O2.BrH.ClH.FH.HI/c8-6-3-1-5(2-4-6)7(9)10;8-7(9)6-4-2-1-3-5-6;1-6-2-4-7(8)5-3-6;7-5-1-2-6(8)4-3-5;4*5-3(6)1-2-4(7)8;2*1-2(3)4;;;;/h1-4,8H,(H,9,10);1-5H,(H,8,9);2-5,8H,1H3;1-4,7-8H;2*1-2H2,(H,5,6)(H,7,8);2*1-2H,(H,5,6)(H,7,8);2*1H3,(H,3,4);4*1H/p-9/b;;;;;;2*2-1-;;;;;;. The van der Waals surface area contributed by atoms with Crippen LogP contribution in [0.5, 0.6) is 23.0 Å². The van der Waals surface area contributed by atoms with E-state index >= 15 is 0 Å². The molecule has 0 bridgehead atoms. The molecule has 0 spiro atoms. The lowest BCUT2D eigenvalue weighted by molar-refractivity contribution is -0.306. The fraction of sp³-hybridized carbons (Fsp3) is 0.149. The van der Waals surface area contributed by atoms with Gasteiger partial charge in [-0.15, -0.1) is 5.75 Å². The van der Waals surface area contributed by atoms with Gasteiger partial charge in [0.05, 0.1) is 30.8 Å². The van der Waals surface area contributed by atoms with Crippen molar-refractivity contribution >= 4 is 71.6 Å². The van der Waals surface area contributed by atoms with Gasteiger partial charge in [0.2, 0.25) is 0 Å². The van der Waals surface area contributed by atoms with Gasteiger partial charge in [0.25, 0.3) is 0 Å². The van der Waals surface area contributed by atoms with E-state index in [9.17, 15) is 63.3 Å². The van der Waals surface area contributed by atoms with Crippen molar-refractivity contribution in [2.75, 3.05) is 0 Å². The predicted molar refractivity (Wildman–Crippen MR) is 243 cm³/mol. The highest BCUT2D eigenvalue weighted by atomic mass is 127. The molecule has 0 fully saturated rings. The molecule has 0 radical (unpaired) electrons. The third-order valence-corrected chi connectivity index (χ3v) is 5.83. The van der Waals surface area contributed by atoms with Crippen LogP contribution < -0.4 is 83.6 Å². The van der Waals surface area contributed by atoms with Crippen molar-refractivity contribution in [2.24, 2.45) is 0 Å². The second kappa shape index (κ2) is 59.5. The number of rotatable bonds is 12. The van der Waals surface area contributed by atoms with E-state index in [-0.39, 0.29) is 106 Å². The Morgan fingerprint density at radius 2 is 0.684 bits per heavy atom. The van der Waals surface area contributed by atoms with Crippen LogP contribution in [0.1, 0.15) is 65.8 Å². The second-order valence-corrected chi connectivity index (χ2v) is 12.4. The smallest absolute Gasteiger partial charge is 0.335 e. The van der Waals surface area contributed by atoms with E-state index in [1.54, 1.807) is 30.3 Å². The molecule has 0 aliphatic rings. The Morgan fingerprint density at radius 1 is 0.430 bits per heavy atom. The summed E-state index contributed by atoms with van der Waals surface area (Å²) in [5.41, 5.74) is 1.53. The summed E-state index contributed by atoms with van der Waals surface area (Å²) in [6.45, 7) is 3.93. The summed E-state index contributed by atoms with van der Waals surface area (Å²) in [4.78, 5) is 115. The van der Waals surface area contributed by atoms with Crippen LogP contribution in [0.15, 0.2) is 127 Å². The lowest BCUT2D eigenvalue weighted by atomic mass is 10.2. The number of carbonyl (C=O) groups is 12. The second-order valence-electron chi connectivity index (χ2n) is 12.4. The maximum atomic E-state index is 10.5. The summed E-state index contributed by atoms with van der Waals surface area (Å²) in [5.74, 6) is -13.4.